The third-order valence-electron chi connectivity index (χ3n) is 3.51. The Morgan fingerprint density at radius 2 is 2.39 bits per heavy atom. The summed E-state index contributed by atoms with van der Waals surface area (Å²) in [5.41, 5.74) is 5.84. The minimum Gasteiger partial charge on any atom is -0.344 e. The number of piperidine rings is 1. The molecule has 2 N–H and O–H groups in total. The maximum Gasteiger partial charge on any atom is 0.311 e. The van der Waals surface area contributed by atoms with Gasteiger partial charge in [-0.05, 0) is 32.3 Å². The molecule has 0 saturated carbocycles. The molecule has 1 aromatic heterocycles. The van der Waals surface area contributed by atoms with Crippen molar-refractivity contribution in [1.29, 1.82) is 0 Å². The van der Waals surface area contributed by atoms with Crippen LogP contribution in [-0.4, -0.2) is 28.5 Å². The van der Waals surface area contributed by atoms with Gasteiger partial charge in [0.1, 0.15) is 0 Å². The van der Waals surface area contributed by atoms with Crippen LogP contribution in [0.25, 0.3) is 0 Å². The van der Waals surface area contributed by atoms with E-state index in [2.05, 4.69) is 11.9 Å². The number of nitro groups is 1. The molecule has 1 fully saturated rings. The van der Waals surface area contributed by atoms with E-state index in [4.69, 9.17) is 5.73 Å². The molecule has 2 atom stereocenters. The van der Waals surface area contributed by atoms with Gasteiger partial charge in [0.15, 0.2) is 0 Å². The van der Waals surface area contributed by atoms with Crippen LogP contribution in [0.1, 0.15) is 26.2 Å². The van der Waals surface area contributed by atoms with Gasteiger partial charge < -0.3 is 10.6 Å². The Morgan fingerprint density at radius 1 is 1.61 bits per heavy atom. The second kappa shape index (κ2) is 5.30. The molecule has 1 aromatic rings. The molecular weight excluding hydrogens is 232 g/mol. The fraction of sp³-hybridized carbons (Fsp3) is 0.583. The average Bonchev–Trinajstić information content (AvgIpc) is 2.38. The van der Waals surface area contributed by atoms with Crippen LogP contribution in [-0.2, 0) is 0 Å². The Kier molecular flexibility index (Phi) is 3.76. The molecule has 0 radical (unpaired) electrons. The first-order chi connectivity index (χ1) is 8.65. The summed E-state index contributed by atoms with van der Waals surface area (Å²) in [6.45, 7) is 2.57. The third kappa shape index (κ3) is 2.28. The lowest BCUT2D eigenvalue weighted by Gasteiger charge is -2.40. The number of hydrogen-bond acceptors (Lipinski definition) is 5. The Hall–Kier alpha value is -1.69. The number of rotatable bonds is 3. The molecule has 0 bridgehead atoms. The van der Waals surface area contributed by atoms with E-state index in [1.54, 1.807) is 12.3 Å². The molecule has 0 aliphatic carbocycles. The van der Waals surface area contributed by atoms with Crippen LogP contribution < -0.4 is 10.6 Å². The van der Waals surface area contributed by atoms with Gasteiger partial charge in [-0.25, -0.2) is 4.98 Å². The van der Waals surface area contributed by atoms with Crippen molar-refractivity contribution in [2.45, 2.75) is 38.3 Å². The van der Waals surface area contributed by atoms with Gasteiger partial charge in [-0.2, -0.15) is 0 Å². The minimum absolute atomic E-state index is 0.0599. The highest BCUT2D eigenvalue weighted by atomic mass is 16.6. The molecule has 1 aliphatic rings. The highest BCUT2D eigenvalue weighted by Crippen LogP contribution is 2.33. The largest absolute Gasteiger partial charge is 0.344 e. The fourth-order valence-corrected chi connectivity index (χ4v) is 2.63. The van der Waals surface area contributed by atoms with Gasteiger partial charge in [0.05, 0.1) is 4.92 Å². The highest BCUT2D eigenvalue weighted by Gasteiger charge is 2.32. The monoisotopic (exact) mass is 250 g/mol. The van der Waals surface area contributed by atoms with Crippen molar-refractivity contribution >= 4 is 11.5 Å². The van der Waals surface area contributed by atoms with E-state index in [9.17, 15) is 10.1 Å². The van der Waals surface area contributed by atoms with Crippen LogP contribution in [0, 0.1) is 10.1 Å². The van der Waals surface area contributed by atoms with E-state index in [1.165, 1.54) is 6.07 Å². The van der Waals surface area contributed by atoms with Crippen molar-refractivity contribution in [3.63, 3.8) is 0 Å². The summed E-state index contributed by atoms with van der Waals surface area (Å²) in [6.07, 6.45) is 4.69. The van der Waals surface area contributed by atoms with E-state index < -0.39 is 0 Å². The molecule has 0 amide bonds. The van der Waals surface area contributed by atoms with E-state index in [-0.39, 0.29) is 22.7 Å². The molecule has 1 aliphatic heterocycles. The molecule has 98 valence electrons. The standard InChI is InChI=1S/C12H18N4O2/c1-9-4-2-5-10(8-13)15(9)12-11(16(17)18)6-3-7-14-12/h3,6-7,9-10H,2,4-5,8,13H2,1H3. The van der Waals surface area contributed by atoms with E-state index in [0.29, 0.717) is 12.4 Å². The molecule has 18 heavy (non-hydrogen) atoms. The summed E-state index contributed by atoms with van der Waals surface area (Å²) in [7, 11) is 0. The van der Waals surface area contributed by atoms with E-state index >= 15 is 0 Å². The first-order valence-corrected chi connectivity index (χ1v) is 6.23. The van der Waals surface area contributed by atoms with Crippen LogP contribution in [0.3, 0.4) is 0 Å². The summed E-state index contributed by atoms with van der Waals surface area (Å²) in [5.74, 6) is 0.449. The van der Waals surface area contributed by atoms with E-state index in [1.807, 2.05) is 4.90 Å². The van der Waals surface area contributed by atoms with Crippen LogP contribution in [0.2, 0.25) is 0 Å². The Morgan fingerprint density at radius 3 is 3.06 bits per heavy atom. The topological polar surface area (TPSA) is 85.3 Å². The van der Waals surface area contributed by atoms with Gasteiger partial charge in [-0.1, -0.05) is 0 Å². The van der Waals surface area contributed by atoms with Crippen LogP contribution >= 0.6 is 0 Å². The van der Waals surface area contributed by atoms with Gasteiger partial charge in [-0.3, -0.25) is 10.1 Å². The summed E-state index contributed by atoms with van der Waals surface area (Å²) >= 11 is 0. The summed E-state index contributed by atoms with van der Waals surface area (Å²) in [5, 5.41) is 11.1. The number of hydrogen-bond donors (Lipinski definition) is 1. The minimum atomic E-state index is -0.378. The normalized spacial score (nSPS) is 24.0. The van der Waals surface area contributed by atoms with Crippen LogP contribution in [0.4, 0.5) is 11.5 Å². The Labute approximate surface area is 106 Å². The van der Waals surface area contributed by atoms with Gasteiger partial charge >= 0.3 is 5.69 Å². The number of nitrogens with zero attached hydrogens (tertiary/aromatic N) is 3. The number of pyridine rings is 1. The van der Waals surface area contributed by atoms with Crippen LogP contribution in [0.5, 0.6) is 0 Å². The molecule has 0 spiro atoms. The van der Waals surface area contributed by atoms with Crippen LogP contribution in [0.15, 0.2) is 18.3 Å². The van der Waals surface area contributed by atoms with Crippen molar-refractivity contribution in [2.75, 3.05) is 11.4 Å². The zero-order chi connectivity index (χ0) is 13.1. The lowest BCUT2D eigenvalue weighted by atomic mass is 9.96. The Balaban J connectivity index is 2.41. The number of anilines is 1. The van der Waals surface area contributed by atoms with Crippen molar-refractivity contribution in [2.24, 2.45) is 5.73 Å². The molecule has 0 aromatic carbocycles. The number of nitrogens with two attached hydrogens (primary N) is 1. The maximum absolute atomic E-state index is 11.1. The van der Waals surface area contributed by atoms with Crippen molar-refractivity contribution in [3.05, 3.63) is 28.4 Å². The van der Waals surface area contributed by atoms with Crippen molar-refractivity contribution in [3.8, 4) is 0 Å². The highest BCUT2D eigenvalue weighted by molar-refractivity contribution is 5.58. The van der Waals surface area contributed by atoms with Gasteiger partial charge in [0.2, 0.25) is 5.82 Å². The fourth-order valence-electron chi connectivity index (χ4n) is 2.63. The predicted octanol–water partition coefficient (Wildman–Crippen LogP) is 1.70. The summed E-state index contributed by atoms with van der Waals surface area (Å²) in [6, 6.07) is 3.47. The number of aromatic nitrogens is 1. The lowest BCUT2D eigenvalue weighted by molar-refractivity contribution is -0.384. The first-order valence-electron chi connectivity index (χ1n) is 6.23. The predicted molar refractivity (Wildman–Crippen MR) is 69.5 cm³/mol. The zero-order valence-corrected chi connectivity index (χ0v) is 10.5. The molecular formula is C12H18N4O2. The van der Waals surface area contributed by atoms with Gasteiger partial charge in [0, 0.05) is 30.9 Å². The van der Waals surface area contributed by atoms with E-state index in [0.717, 1.165) is 19.3 Å². The third-order valence-corrected chi connectivity index (χ3v) is 3.51. The van der Waals surface area contributed by atoms with Crippen molar-refractivity contribution in [1.82, 2.24) is 4.98 Å². The maximum atomic E-state index is 11.1. The quantitative estimate of drug-likeness (QED) is 0.651. The molecule has 1 saturated heterocycles. The zero-order valence-electron chi connectivity index (χ0n) is 10.5. The van der Waals surface area contributed by atoms with Gasteiger partial charge in [0.25, 0.3) is 0 Å². The molecule has 2 rings (SSSR count). The summed E-state index contributed by atoms with van der Waals surface area (Å²) < 4.78 is 0. The molecule has 6 heteroatoms. The second-order valence-electron chi connectivity index (χ2n) is 4.68. The summed E-state index contributed by atoms with van der Waals surface area (Å²) in [4.78, 5) is 16.9. The SMILES string of the molecule is CC1CCCC(CN)N1c1ncccc1[N+](=O)[O-]. The lowest BCUT2D eigenvalue weighted by Crippen LogP contribution is -2.49. The molecule has 6 nitrogen and oxygen atoms in total. The smallest absolute Gasteiger partial charge is 0.311 e. The molecule has 2 heterocycles. The second-order valence-corrected chi connectivity index (χ2v) is 4.68. The molecule has 2 unspecified atom stereocenters. The average molecular weight is 250 g/mol. The van der Waals surface area contributed by atoms with Crippen molar-refractivity contribution < 1.29 is 4.92 Å². The first kappa shape index (κ1) is 12.8. The van der Waals surface area contributed by atoms with Gasteiger partial charge in [-0.15, -0.1) is 0 Å². The Bertz CT molecular complexity index is 438.